The van der Waals surface area contributed by atoms with E-state index < -0.39 is 16.2 Å². The molecule has 0 amide bonds. The third-order valence-electron chi connectivity index (χ3n) is 1.90. The van der Waals surface area contributed by atoms with Gasteiger partial charge in [0.25, 0.3) is 10.1 Å². The van der Waals surface area contributed by atoms with Crippen LogP contribution < -0.4 is 0 Å². The minimum atomic E-state index is -3.80. The monoisotopic (exact) mass is 265 g/mol. The number of aliphatic hydroxyl groups is 1. The van der Waals surface area contributed by atoms with Gasteiger partial charge in [-0.05, 0) is 19.1 Å². The number of aliphatic hydroxyl groups excluding tert-OH is 1. The summed E-state index contributed by atoms with van der Waals surface area (Å²) >= 11 is 5.32. The minimum Gasteiger partial charge on any atom is -0.389 e. The Labute approximate surface area is 99.9 Å². The average molecular weight is 266 g/mol. The highest BCUT2D eigenvalue weighted by Crippen LogP contribution is 2.13. The lowest BCUT2D eigenvalue weighted by molar-refractivity contribution is 0.128. The van der Waals surface area contributed by atoms with E-state index in [4.69, 9.17) is 16.7 Å². The molecular weight excluding hydrogens is 253 g/mol. The summed E-state index contributed by atoms with van der Waals surface area (Å²) in [7, 11) is -3.80. The Hall–Kier alpha value is -0.620. The second kappa shape index (κ2) is 5.63. The summed E-state index contributed by atoms with van der Waals surface area (Å²) in [6, 6.07) is 6.26. The predicted molar refractivity (Wildman–Crippen MR) is 61.0 cm³/mol. The van der Waals surface area contributed by atoms with Gasteiger partial charge in [-0.2, -0.15) is 8.42 Å². The first-order chi connectivity index (χ1) is 7.45. The third kappa shape index (κ3) is 3.75. The molecule has 0 radical (unpaired) electrons. The second-order valence-corrected chi connectivity index (χ2v) is 5.28. The highest BCUT2D eigenvalue weighted by Gasteiger charge is 2.16. The van der Waals surface area contributed by atoms with Gasteiger partial charge in [0.05, 0.1) is 23.5 Å². The number of aryl methyl sites for hydroxylation is 1. The average Bonchev–Trinajstić information content (AvgIpc) is 2.26. The van der Waals surface area contributed by atoms with Gasteiger partial charge in [-0.25, -0.2) is 0 Å². The van der Waals surface area contributed by atoms with E-state index in [9.17, 15) is 8.42 Å². The van der Waals surface area contributed by atoms with E-state index in [2.05, 4.69) is 4.18 Å². The summed E-state index contributed by atoms with van der Waals surface area (Å²) < 4.78 is 27.8. The number of alkyl halides is 1. The molecule has 0 bridgehead atoms. The molecule has 0 spiro atoms. The Bertz CT molecular complexity index is 427. The number of halogens is 1. The van der Waals surface area contributed by atoms with Gasteiger partial charge in [0, 0.05) is 0 Å². The van der Waals surface area contributed by atoms with Gasteiger partial charge in [-0.15, -0.1) is 11.6 Å². The van der Waals surface area contributed by atoms with Crippen molar-refractivity contribution < 1.29 is 17.7 Å². The predicted octanol–water partition coefficient (Wildman–Crippen LogP) is 1.30. The lowest BCUT2D eigenvalue weighted by Gasteiger charge is -2.08. The number of hydrogen-bond acceptors (Lipinski definition) is 4. The topological polar surface area (TPSA) is 63.6 Å². The molecule has 1 unspecified atom stereocenters. The van der Waals surface area contributed by atoms with Crippen molar-refractivity contribution in [1.29, 1.82) is 0 Å². The smallest absolute Gasteiger partial charge is 0.297 e. The van der Waals surface area contributed by atoms with Crippen molar-refractivity contribution in [2.24, 2.45) is 0 Å². The first-order valence-corrected chi connectivity index (χ1v) is 6.60. The zero-order valence-corrected chi connectivity index (χ0v) is 10.3. The van der Waals surface area contributed by atoms with Crippen LogP contribution in [0.3, 0.4) is 0 Å². The maximum absolute atomic E-state index is 11.6. The molecule has 1 aromatic rings. The molecule has 0 aliphatic rings. The fourth-order valence-corrected chi connectivity index (χ4v) is 2.02. The minimum absolute atomic E-state index is 0.0661. The molecule has 0 saturated heterocycles. The van der Waals surface area contributed by atoms with Gasteiger partial charge < -0.3 is 5.11 Å². The van der Waals surface area contributed by atoms with Crippen molar-refractivity contribution in [1.82, 2.24) is 0 Å². The van der Waals surface area contributed by atoms with Crippen molar-refractivity contribution in [2.45, 2.75) is 17.9 Å². The largest absolute Gasteiger partial charge is 0.389 e. The molecule has 0 heterocycles. The van der Waals surface area contributed by atoms with Crippen LogP contribution in [-0.2, 0) is 14.3 Å². The normalized spacial score (nSPS) is 13.7. The number of benzene rings is 1. The van der Waals surface area contributed by atoms with E-state index in [-0.39, 0.29) is 17.4 Å². The molecule has 1 aromatic carbocycles. The van der Waals surface area contributed by atoms with Gasteiger partial charge in [0.2, 0.25) is 0 Å². The van der Waals surface area contributed by atoms with Crippen LogP contribution in [0.1, 0.15) is 5.56 Å². The molecule has 4 nitrogen and oxygen atoms in total. The molecule has 0 aliphatic carbocycles. The van der Waals surface area contributed by atoms with Gasteiger partial charge >= 0.3 is 0 Å². The summed E-state index contributed by atoms with van der Waals surface area (Å²) in [4.78, 5) is 0.0693. The molecular formula is C10H13ClO4S. The molecule has 90 valence electrons. The molecule has 0 fully saturated rings. The van der Waals surface area contributed by atoms with Gasteiger partial charge in [0.1, 0.15) is 0 Å². The maximum Gasteiger partial charge on any atom is 0.297 e. The summed E-state index contributed by atoms with van der Waals surface area (Å²) in [6.45, 7) is 1.52. The number of hydrogen-bond donors (Lipinski definition) is 1. The summed E-state index contributed by atoms with van der Waals surface area (Å²) in [5.74, 6) is -0.0661. The van der Waals surface area contributed by atoms with E-state index in [0.717, 1.165) is 5.56 Å². The summed E-state index contributed by atoms with van der Waals surface area (Å²) in [5.41, 5.74) is 0.958. The van der Waals surface area contributed by atoms with Crippen LogP contribution >= 0.6 is 11.6 Å². The zero-order chi connectivity index (χ0) is 12.2. The van der Waals surface area contributed by atoms with E-state index in [1.165, 1.54) is 12.1 Å². The zero-order valence-electron chi connectivity index (χ0n) is 8.76. The summed E-state index contributed by atoms with van der Waals surface area (Å²) in [5, 5.41) is 9.09. The quantitative estimate of drug-likeness (QED) is 0.495. The van der Waals surface area contributed by atoms with Crippen LogP contribution in [0.15, 0.2) is 29.2 Å². The fourth-order valence-electron chi connectivity index (χ4n) is 0.986. The van der Waals surface area contributed by atoms with Crippen molar-refractivity contribution in [2.75, 3.05) is 12.5 Å². The molecule has 1 rings (SSSR count). The molecule has 0 aliphatic heterocycles. The third-order valence-corrected chi connectivity index (χ3v) is 3.56. The van der Waals surface area contributed by atoms with Crippen LogP contribution in [0.25, 0.3) is 0 Å². The first-order valence-electron chi connectivity index (χ1n) is 4.66. The molecule has 16 heavy (non-hydrogen) atoms. The van der Waals surface area contributed by atoms with E-state index in [1.54, 1.807) is 12.1 Å². The van der Waals surface area contributed by atoms with Crippen LogP contribution in [0.4, 0.5) is 0 Å². The Morgan fingerprint density at radius 2 is 1.94 bits per heavy atom. The van der Waals surface area contributed by atoms with Crippen molar-refractivity contribution >= 4 is 21.7 Å². The molecule has 0 saturated carbocycles. The van der Waals surface area contributed by atoms with Gasteiger partial charge in [-0.3, -0.25) is 4.18 Å². The fraction of sp³-hybridized carbons (Fsp3) is 0.400. The highest BCUT2D eigenvalue weighted by molar-refractivity contribution is 7.86. The lowest BCUT2D eigenvalue weighted by atomic mass is 10.2. The highest BCUT2D eigenvalue weighted by atomic mass is 35.5. The lowest BCUT2D eigenvalue weighted by Crippen LogP contribution is -2.20. The van der Waals surface area contributed by atoms with Crippen LogP contribution in [0.5, 0.6) is 0 Å². The number of rotatable bonds is 5. The Balaban J connectivity index is 2.74. The van der Waals surface area contributed by atoms with Gasteiger partial charge in [-0.1, -0.05) is 17.7 Å². The Morgan fingerprint density at radius 3 is 2.44 bits per heavy atom. The molecule has 0 aromatic heterocycles. The Morgan fingerprint density at radius 1 is 1.38 bits per heavy atom. The second-order valence-electron chi connectivity index (χ2n) is 3.36. The van der Waals surface area contributed by atoms with Crippen molar-refractivity contribution in [3.63, 3.8) is 0 Å². The van der Waals surface area contributed by atoms with E-state index in [0.29, 0.717) is 0 Å². The molecule has 1 atom stereocenters. The molecule has 1 N–H and O–H groups in total. The SMILES string of the molecule is Cc1ccc(S(=O)(=O)OC[13CH](O)CCl)cc1. The standard InChI is InChI=1S/C10H13ClO4S/c1-8-2-4-10(5-3-8)16(13,14)15-7-9(12)6-11/h2-5,9,12H,6-7H2,1H3/i9+1. The van der Waals surface area contributed by atoms with E-state index in [1.807, 2.05) is 6.92 Å². The van der Waals surface area contributed by atoms with Crippen LogP contribution in [0.2, 0.25) is 0 Å². The van der Waals surface area contributed by atoms with Crippen molar-refractivity contribution in [3.05, 3.63) is 29.8 Å². The summed E-state index contributed by atoms with van der Waals surface area (Å²) in [6.07, 6.45) is -0.984. The van der Waals surface area contributed by atoms with Crippen LogP contribution in [0, 0.1) is 6.92 Å². The van der Waals surface area contributed by atoms with E-state index >= 15 is 0 Å². The maximum atomic E-state index is 11.6. The van der Waals surface area contributed by atoms with Crippen molar-refractivity contribution in [3.8, 4) is 0 Å². The Kier molecular flexibility index (Phi) is 4.73. The van der Waals surface area contributed by atoms with Crippen LogP contribution in [-0.4, -0.2) is 32.1 Å². The first kappa shape index (κ1) is 13.4. The van der Waals surface area contributed by atoms with Gasteiger partial charge in [0.15, 0.2) is 0 Å². The molecule has 6 heteroatoms.